The van der Waals surface area contributed by atoms with E-state index < -0.39 is 6.04 Å². The van der Waals surface area contributed by atoms with Crippen LogP contribution in [0.3, 0.4) is 0 Å². The molecule has 4 nitrogen and oxygen atoms in total. The Morgan fingerprint density at radius 1 is 0.971 bits per heavy atom. The second-order valence-electron chi connectivity index (χ2n) is 8.20. The van der Waals surface area contributed by atoms with Crippen molar-refractivity contribution in [1.29, 1.82) is 0 Å². The molecule has 34 heavy (non-hydrogen) atoms. The number of likely N-dealkylation sites (N-methyl/N-ethyl adjacent to an activating group) is 1. The first-order chi connectivity index (χ1) is 16.5. The number of nitrogens with one attached hydrogen (secondary N) is 1. The van der Waals surface area contributed by atoms with Gasteiger partial charge in [-0.1, -0.05) is 78.4 Å². The predicted octanol–water partition coefficient (Wildman–Crippen LogP) is 5.14. The van der Waals surface area contributed by atoms with Gasteiger partial charge in [0.2, 0.25) is 11.8 Å². The van der Waals surface area contributed by atoms with E-state index in [1.807, 2.05) is 62.4 Å². The molecule has 0 saturated carbocycles. The van der Waals surface area contributed by atoms with E-state index in [-0.39, 0.29) is 29.9 Å². The number of aryl methyl sites for hydroxylation is 1. The summed E-state index contributed by atoms with van der Waals surface area (Å²) < 4.78 is 14.5. The molecule has 0 heterocycles. The third-order valence-corrected chi connectivity index (χ3v) is 6.49. The first-order valence-corrected chi connectivity index (χ1v) is 12.6. The standard InChI is InChI=1S/C28H31FN2O2S/c1-3-30-28(33)26(17-22-11-5-4-6-12-22)31(18-24-14-7-8-15-25(24)29)27(32)20-34-19-23-13-9-10-21(2)16-23/h4-16,26H,3,17-20H2,1-2H3,(H,30,33)/t26-/m1/s1. The number of benzene rings is 3. The molecule has 6 heteroatoms. The Bertz CT molecular complexity index is 1090. The first kappa shape index (κ1) is 25.5. The van der Waals surface area contributed by atoms with Gasteiger partial charge in [-0.05, 0) is 31.0 Å². The van der Waals surface area contributed by atoms with Crippen LogP contribution in [0, 0.1) is 12.7 Å². The zero-order valence-electron chi connectivity index (χ0n) is 19.7. The maximum atomic E-state index is 14.5. The van der Waals surface area contributed by atoms with Crippen LogP contribution < -0.4 is 5.32 Å². The van der Waals surface area contributed by atoms with Crippen molar-refractivity contribution < 1.29 is 14.0 Å². The van der Waals surface area contributed by atoms with Gasteiger partial charge in [-0.25, -0.2) is 4.39 Å². The van der Waals surface area contributed by atoms with Crippen molar-refractivity contribution in [3.63, 3.8) is 0 Å². The van der Waals surface area contributed by atoms with Crippen molar-refractivity contribution in [2.75, 3.05) is 12.3 Å². The quantitative estimate of drug-likeness (QED) is 0.415. The van der Waals surface area contributed by atoms with Gasteiger partial charge in [0.25, 0.3) is 0 Å². The minimum Gasteiger partial charge on any atom is -0.355 e. The normalized spacial score (nSPS) is 11.6. The highest BCUT2D eigenvalue weighted by molar-refractivity contribution is 7.99. The molecule has 0 unspecified atom stereocenters. The third-order valence-electron chi connectivity index (χ3n) is 5.50. The molecular formula is C28H31FN2O2S. The zero-order chi connectivity index (χ0) is 24.3. The summed E-state index contributed by atoms with van der Waals surface area (Å²) in [5, 5.41) is 2.86. The van der Waals surface area contributed by atoms with Crippen molar-refractivity contribution in [3.05, 3.63) is 107 Å². The van der Waals surface area contributed by atoms with E-state index in [2.05, 4.69) is 11.4 Å². The molecule has 0 aliphatic carbocycles. The lowest BCUT2D eigenvalue weighted by molar-refractivity contribution is -0.139. The summed E-state index contributed by atoms with van der Waals surface area (Å²) >= 11 is 1.50. The van der Waals surface area contributed by atoms with Gasteiger partial charge in [-0.2, -0.15) is 0 Å². The smallest absolute Gasteiger partial charge is 0.243 e. The van der Waals surface area contributed by atoms with Crippen molar-refractivity contribution in [3.8, 4) is 0 Å². The van der Waals surface area contributed by atoms with E-state index in [9.17, 15) is 14.0 Å². The Balaban J connectivity index is 1.83. The van der Waals surface area contributed by atoms with Crippen molar-refractivity contribution in [1.82, 2.24) is 10.2 Å². The summed E-state index contributed by atoms with van der Waals surface area (Å²) in [5.74, 6) is 0.0772. The van der Waals surface area contributed by atoms with Crippen LogP contribution in [-0.2, 0) is 28.3 Å². The molecule has 0 aromatic heterocycles. The SMILES string of the molecule is CCNC(=O)[C@@H](Cc1ccccc1)N(Cc1ccccc1F)C(=O)CSCc1cccc(C)c1. The summed E-state index contributed by atoms with van der Waals surface area (Å²) in [7, 11) is 0. The average Bonchev–Trinajstić information content (AvgIpc) is 2.83. The highest BCUT2D eigenvalue weighted by Crippen LogP contribution is 2.20. The molecule has 3 aromatic carbocycles. The van der Waals surface area contributed by atoms with Gasteiger partial charge >= 0.3 is 0 Å². The average molecular weight is 479 g/mol. The molecular weight excluding hydrogens is 447 g/mol. The number of hydrogen-bond donors (Lipinski definition) is 1. The zero-order valence-corrected chi connectivity index (χ0v) is 20.5. The van der Waals surface area contributed by atoms with Crippen LogP contribution in [0.15, 0.2) is 78.9 Å². The molecule has 178 valence electrons. The number of nitrogens with zero attached hydrogens (tertiary/aromatic N) is 1. The number of carbonyl (C=O) groups is 2. The van der Waals surface area contributed by atoms with Crippen molar-refractivity contribution in [2.45, 2.75) is 38.6 Å². The number of amides is 2. The molecule has 0 saturated heterocycles. The lowest BCUT2D eigenvalue weighted by Gasteiger charge is -2.31. The highest BCUT2D eigenvalue weighted by atomic mass is 32.2. The second kappa shape index (κ2) is 12.9. The fraction of sp³-hybridized carbons (Fsp3) is 0.286. The van der Waals surface area contributed by atoms with Gasteiger partial charge < -0.3 is 10.2 Å². The maximum Gasteiger partial charge on any atom is 0.243 e. The van der Waals surface area contributed by atoms with E-state index in [1.165, 1.54) is 28.3 Å². The molecule has 0 fully saturated rings. The monoisotopic (exact) mass is 478 g/mol. The highest BCUT2D eigenvalue weighted by Gasteiger charge is 2.30. The molecule has 0 bridgehead atoms. The van der Waals surface area contributed by atoms with E-state index in [0.29, 0.717) is 24.3 Å². The van der Waals surface area contributed by atoms with Crippen molar-refractivity contribution >= 4 is 23.6 Å². The van der Waals surface area contributed by atoms with Crippen LogP contribution in [0.2, 0.25) is 0 Å². The topological polar surface area (TPSA) is 49.4 Å². The number of carbonyl (C=O) groups excluding carboxylic acids is 2. The number of thioether (sulfide) groups is 1. The first-order valence-electron chi connectivity index (χ1n) is 11.5. The second-order valence-corrected chi connectivity index (χ2v) is 9.18. The van der Waals surface area contributed by atoms with Gasteiger partial charge in [-0.3, -0.25) is 9.59 Å². The van der Waals surface area contributed by atoms with Crippen LogP contribution in [0.25, 0.3) is 0 Å². The van der Waals surface area contributed by atoms with Crippen LogP contribution in [0.4, 0.5) is 4.39 Å². The molecule has 2 amide bonds. The molecule has 0 spiro atoms. The Kier molecular flexibility index (Phi) is 9.71. The largest absolute Gasteiger partial charge is 0.355 e. The van der Waals surface area contributed by atoms with Crippen molar-refractivity contribution in [2.24, 2.45) is 0 Å². The molecule has 1 atom stereocenters. The van der Waals surface area contributed by atoms with E-state index >= 15 is 0 Å². The Labute approximate surface area is 205 Å². The number of halogens is 1. The maximum absolute atomic E-state index is 14.5. The predicted molar refractivity (Wildman–Crippen MR) is 137 cm³/mol. The third kappa shape index (κ3) is 7.45. The Morgan fingerprint density at radius 2 is 1.68 bits per heavy atom. The number of hydrogen-bond acceptors (Lipinski definition) is 3. The molecule has 0 aliphatic rings. The van der Waals surface area contributed by atoms with Gasteiger partial charge in [-0.15, -0.1) is 11.8 Å². The van der Waals surface area contributed by atoms with Crippen LogP contribution in [-0.4, -0.2) is 35.1 Å². The summed E-state index contributed by atoms with van der Waals surface area (Å²) in [6.07, 6.45) is 0.357. The minimum atomic E-state index is -0.742. The number of rotatable bonds is 11. The van der Waals surface area contributed by atoms with Gasteiger partial charge in [0.05, 0.1) is 5.75 Å². The summed E-state index contributed by atoms with van der Waals surface area (Å²) in [6, 6.07) is 23.4. The summed E-state index contributed by atoms with van der Waals surface area (Å²) in [6.45, 7) is 4.37. The van der Waals surface area contributed by atoms with E-state index in [4.69, 9.17) is 0 Å². The lowest BCUT2D eigenvalue weighted by atomic mass is 10.0. The van der Waals surface area contributed by atoms with E-state index in [0.717, 1.165) is 11.1 Å². The Morgan fingerprint density at radius 3 is 2.38 bits per heavy atom. The fourth-order valence-corrected chi connectivity index (χ4v) is 4.65. The molecule has 0 aliphatic heterocycles. The molecule has 1 N–H and O–H groups in total. The molecule has 3 rings (SSSR count). The van der Waals surface area contributed by atoms with Crippen LogP contribution in [0.5, 0.6) is 0 Å². The van der Waals surface area contributed by atoms with Crippen LogP contribution in [0.1, 0.15) is 29.2 Å². The lowest BCUT2D eigenvalue weighted by Crippen LogP contribution is -2.51. The fourth-order valence-electron chi connectivity index (χ4n) is 3.80. The Hall–Kier alpha value is -3.12. The summed E-state index contributed by atoms with van der Waals surface area (Å²) in [4.78, 5) is 28.1. The molecule has 3 aromatic rings. The van der Waals surface area contributed by atoms with E-state index in [1.54, 1.807) is 18.2 Å². The minimum absolute atomic E-state index is 0.0329. The van der Waals surface area contributed by atoms with Crippen LogP contribution >= 0.6 is 11.8 Å². The van der Waals surface area contributed by atoms with Gasteiger partial charge in [0.15, 0.2) is 0 Å². The summed E-state index contributed by atoms with van der Waals surface area (Å²) in [5.41, 5.74) is 3.65. The van der Waals surface area contributed by atoms with Gasteiger partial charge in [0, 0.05) is 30.8 Å². The van der Waals surface area contributed by atoms with Gasteiger partial charge in [0.1, 0.15) is 11.9 Å². The molecule has 0 radical (unpaired) electrons.